The second-order valence-corrected chi connectivity index (χ2v) is 11.3. The van der Waals surface area contributed by atoms with Crippen LogP contribution in [0.15, 0.2) is 88.8 Å². The van der Waals surface area contributed by atoms with Gasteiger partial charge < -0.3 is 19.2 Å². The average Bonchev–Trinajstić information content (AvgIpc) is 3.30. The first-order valence-electron chi connectivity index (χ1n) is 12.5. The molecule has 0 saturated carbocycles. The van der Waals surface area contributed by atoms with Gasteiger partial charge >= 0.3 is 6.09 Å². The summed E-state index contributed by atoms with van der Waals surface area (Å²) in [5.74, 6) is -0.624. The molecule has 208 valence electrons. The Labute approximate surface area is 237 Å². The molecule has 0 unspecified atom stereocenters. The van der Waals surface area contributed by atoms with Gasteiger partial charge in [-0.15, -0.1) is 11.8 Å². The van der Waals surface area contributed by atoms with Gasteiger partial charge in [-0.2, -0.15) is 0 Å². The molecule has 0 spiro atoms. The number of sulfonamides is 1. The number of carbonyl (C=O) groups is 2. The van der Waals surface area contributed by atoms with Crippen molar-refractivity contribution in [2.45, 2.75) is 42.8 Å². The van der Waals surface area contributed by atoms with Crippen molar-refractivity contribution in [1.82, 2.24) is 14.3 Å². The Balaban J connectivity index is 1.55. The van der Waals surface area contributed by atoms with Crippen molar-refractivity contribution in [1.29, 1.82) is 0 Å². The molecule has 0 fully saturated rings. The highest BCUT2D eigenvalue weighted by atomic mass is 32.2. The Kier molecular flexibility index (Phi) is 9.28. The fourth-order valence-corrected chi connectivity index (χ4v) is 5.93. The molecule has 0 atom stereocenters. The van der Waals surface area contributed by atoms with E-state index in [0.29, 0.717) is 28.4 Å². The number of ether oxygens (including phenoxy) is 1. The van der Waals surface area contributed by atoms with E-state index < -0.39 is 22.1 Å². The Bertz CT molecular complexity index is 1600. The molecule has 4 aromatic rings. The van der Waals surface area contributed by atoms with Gasteiger partial charge in [0.05, 0.1) is 16.6 Å². The van der Waals surface area contributed by atoms with E-state index in [1.54, 1.807) is 77.6 Å². The summed E-state index contributed by atoms with van der Waals surface area (Å²) in [6.07, 6.45) is 2.11. The third-order valence-corrected chi connectivity index (χ3v) is 8.13. The summed E-state index contributed by atoms with van der Waals surface area (Å²) in [7, 11) is -4.24. The lowest BCUT2D eigenvalue weighted by Crippen LogP contribution is -2.31. The first-order chi connectivity index (χ1) is 19.2. The zero-order chi connectivity index (χ0) is 28.7. The number of rotatable bonds is 11. The van der Waals surface area contributed by atoms with Gasteiger partial charge in [-0.05, 0) is 35.4 Å². The first-order valence-corrected chi connectivity index (χ1v) is 15.2. The standard InChI is InChI=1S/C29H29N3O6S2/c1-3-9-25-30-27(39-2)26(28(33)34)32(25)18-20-14-16-22(17-15-20)23-12-7-8-13-24(23)40(36,37)31-29(35)38-19-21-10-5-4-6-11-21/h4-8,10-17H,3,9,18-19H2,1-2H3,(H,31,35)(H,33,34)/p-1. The highest BCUT2D eigenvalue weighted by Gasteiger charge is 2.23. The fraction of sp³-hybridized carbons (Fsp3) is 0.207. The summed E-state index contributed by atoms with van der Waals surface area (Å²) < 4.78 is 34.9. The maximum atomic E-state index is 13.1. The van der Waals surface area contributed by atoms with E-state index in [9.17, 15) is 23.1 Å². The minimum atomic E-state index is -4.24. The number of aromatic carboxylic acids is 1. The van der Waals surface area contributed by atoms with E-state index in [1.165, 1.54) is 17.8 Å². The molecule has 9 nitrogen and oxygen atoms in total. The SMILES string of the molecule is CCCc1nc(SC)c(C(=O)[O-])n1Cc1ccc(-c2ccccc2S(=O)(=O)NC(=O)OCc2ccccc2)cc1. The minimum absolute atomic E-state index is 0.0432. The van der Waals surface area contributed by atoms with Crippen LogP contribution >= 0.6 is 11.8 Å². The molecule has 1 aromatic heterocycles. The first kappa shape index (κ1) is 28.9. The average molecular weight is 579 g/mol. The molecule has 0 aliphatic heterocycles. The molecule has 1 heterocycles. The van der Waals surface area contributed by atoms with Crippen molar-refractivity contribution >= 4 is 33.8 Å². The molecule has 0 aliphatic rings. The molecule has 4 rings (SSSR count). The Hall–Kier alpha value is -4.09. The number of hydrogen-bond acceptors (Lipinski definition) is 8. The molecule has 0 bridgehead atoms. The van der Waals surface area contributed by atoms with Crippen LogP contribution in [0.25, 0.3) is 11.1 Å². The summed E-state index contributed by atoms with van der Waals surface area (Å²) in [5.41, 5.74) is 2.57. The number of aromatic nitrogens is 2. The largest absolute Gasteiger partial charge is 0.543 e. The van der Waals surface area contributed by atoms with E-state index >= 15 is 0 Å². The zero-order valence-corrected chi connectivity index (χ0v) is 23.6. The lowest BCUT2D eigenvalue weighted by atomic mass is 10.0. The summed E-state index contributed by atoms with van der Waals surface area (Å²) in [6, 6.07) is 22.4. The lowest BCUT2D eigenvalue weighted by molar-refractivity contribution is -0.256. The highest BCUT2D eigenvalue weighted by Crippen LogP contribution is 2.28. The number of carbonyl (C=O) groups excluding carboxylic acids is 2. The Morgan fingerprint density at radius 3 is 2.30 bits per heavy atom. The number of hydrogen-bond donors (Lipinski definition) is 1. The van der Waals surface area contributed by atoms with Crippen LogP contribution in [0.3, 0.4) is 0 Å². The fourth-order valence-electron chi connectivity index (χ4n) is 4.23. The van der Waals surface area contributed by atoms with Crippen molar-refractivity contribution in [3.63, 3.8) is 0 Å². The molecule has 0 aliphatic carbocycles. The molecule has 0 radical (unpaired) electrons. The summed E-state index contributed by atoms with van der Waals surface area (Å²) in [5, 5.41) is 12.3. The predicted octanol–water partition coefficient (Wildman–Crippen LogP) is 4.25. The number of carboxylic acids is 1. The van der Waals surface area contributed by atoms with Gasteiger partial charge in [0, 0.05) is 18.5 Å². The van der Waals surface area contributed by atoms with E-state index in [-0.39, 0.29) is 23.7 Å². The Morgan fingerprint density at radius 2 is 1.65 bits per heavy atom. The van der Waals surface area contributed by atoms with E-state index in [1.807, 2.05) is 17.7 Å². The minimum Gasteiger partial charge on any atom is -0.543 e. The van der Waals surface area contributed by atoms with Crippen LogP contribution in [-0.4, -0.2) is 36.3 Å². The predicted molar refractivity (Wildman–Crippen MR) is 150 cm³/mol. The van der Waals surface area contributed by atoms with Crippen molar-refractivity contribution in [2.75, 3.05) is 6.26 Å². The summed E-state index contributed by atoms with van der Waals surface area (Å²) in [6.45, 7) is 2.19. The second kappa shape index (κ2) is 12.8. The second-order valence-electron chi connectivity index (χ2n) is 8.87. The maximum Gasteiger partial charge on any atom is 0.421 e. The van der Waals surface area contributed by atoms with Crippen LogP contribution < -0.4 is 9.83 Å². The zero-order valence-electron chi connectivity index (χ0n) is 22.0. The number of carboxylic acid groups (broad SMARTS) is 1. The third kappa shape index (κ3) is 6.72. The topological polar surface area (TPSA) is 130 Å². The van der Waals surface area contributed by atoms with Gasteiger partial charge in [0.15, 0.2) is 0 Å². The van der Waals surface area contributed by atoms with Crippen molar-refractivity contribution in [3.8, 4) is 11.1 Å². The molecular formula is C29H28N3O6S2-. The number of benzene rings is 3. The quantitative estimate of drug-likeness (QED) is 0.262. The highest BCUT2D eigenvalue weighted by molar-refractivity contribution is 7.98. The van der Waals surface area contributed by atoms with Gasteiger partial charge in [-0.25, -0.2) is 22.9 Å². The van der Waals surface area contributed by atoms with Gasteiger partial charge in [0.1, 0.15) is 17.5 Å². The third-order valence-electron chi connectivity index (χ3n) is 6.09. The van der Waals surface area contributed by atoms with Crippen LogP contribution in [0.1, 0.15) is 40.8 Å². The van der Waals surface area contributed by atoms with Crippen molar-refractivity contribution in [2.24, 2.45) is 0 Å². The number of amides is 1. The molecular weight excluding hydrogens is 550 g/mol. The maximum absolute atomic E-state index is 13.1. The van der Waals surface area contributed by atoms with Crippen molar-refractivity contribution in [3.05, 3.63) is 102 Å². The molecule has 11 heteroatoms. The number of aryl methyl sites for hydroxylation is 1. The van der Waals surface area contributed by atoms with Gasteiger partial charge in [0.2, 0.25) is 0 Å². The van der Waals surface area contributed by atoms with E-state index in [2.05, 4.69) is 4.98 Å². The smallest absolute Gasteiger partial charge is 0.421 e. The van der Waals surface area contributed by atoms with Crippen molar-refractivity contribution < 1.29 is 27.9 Å². The van der Waals surface area contributed by atoms with Gasteiger partial charge in [-0.1, -0.05) is 79.7 Å². The lowest BCUT2D eigenvalue weighted by Gasteiger charge is -2.14. The molecule has 0 saturated heterocycles. The normalized spacial score (nSPS) is 11.2. The van der Waals surface area contributed by atoms with Crippen LogP contribution in [0.5, 0.6) is 0 Å². The van der Waals surface area contributed by atoms with E-state index in [0.717, 1.165) is 17.5 Å². The number of nitrogens with one attached hydrogen (secondary N) is 1. The summed E-state index contributed by atoms with van der Waals surface area (Å²) >= 11 is 1.26. The molecule has 1 N–H and O–H groups in total. The van der Waals surface area contributed by atoms with Crippen LogP contribution in [0.4, 0.5) is 4.79 Å². The number of thioether (sulfide) groups is 1. The summed E-state index contributed by atoms with van der Waals surface area (Å²) in [4.78, 5) is 28.6. The van der Waals surface area contributed by atoms with Crippen LogP contribution in [0.2, 0.25) is 0 Å². The Morgan fingerprint density at radius 1 is 0.975 bits per heavy atom. The number of imidazole rings is 1. The van der Waals surface area contributed by atoms with Crippen LogP contribution in [-0.2, 0) is 34.3 Å². The molecule has 40 heavy (non-hydrogen) atoms. The monoisotopic (exact) mass is 578 g/mol. The number of nitrogens with zero attached hydrogens (tertiary/aromatic N) is 2. The van der Waals surface area contributed by atoms with Gasteiger partial charge in [0.25, 0.3) is 10.0 Å². The van der Waals surface area contributed by atoms with E-state index in [4.69, 9.17) is 4.74 Å². The molecule has 1 amide bonds. The molecule has 3 aromatic carbocycles. The van der Waals surface area contributed by atoms with Gasteiger partial charge in [-0.3, -0.25) is 0 Å². The van der Waals surface area contributed by atoms with Crippen LogP contribution in [0, 0.1) is 0 Å².